The molecule has 0 atom stereocenters. The molecule has 0 fully saturated rings. The highest BCUT2D eigenvalue weighted by Crippen LogP contribution is 2.23. The number of hydrogen-bond acceptors (Lipinski definition) is 1. The molecule has 0 aliphatic heterocycles. The number of rotatable bonds is 3. The van der Waals surface area contributed by atoms with Crippen molar-refractivity contribution < 1.29 is 22.0 Å². The highest BCUT2D eigenvalue weighted by molar-refractivity contribution is 5.75. The Morgan fingerprint density at radius 2 is 1.24 bits per heavy atom. The van der Waals surface area contributed by atoms with Crippen LogP contribution in [0, 0.1) is 29.1 Å². The normalized spacial score (nSPS) is 10.4. The van der Waals surface area contributed by atoms with Gasteiger partial charge in [0.05, 0.1) is 0 Å². The zero-order valence-electron chi connectivity index (χ0n) is 8.41. The third kappa shape index (κ3) is 2.63. The fourth-order valence-corrected chi connectivity index (χ4v) is 1.17. The number of aliphatic imine (C=N–C) groups is 1. The van der Waals surface area contributed by atoms with Crippen LogP contribution in [0.3, 0.4) is 0 Å². The summed E-state index contributed by atoms with van der Waals surface area (Å²) in [5.41, 5.74) is 8.96. The zero-order chi connectivity index (χ0) is 13.2. The molecule has 0 unspecified atom stereocenters. The maximum absolute atomic E-state index is 13.1. The summed E-state index contributed by atoms with van der Waals surface area (Å²) in [5, 5.41) is 0. The second-order valence-corrected chi connectivity index (χ2v) is 3.11. The molecule has 0 radical (unpaired) electrons. The van der Waals surface area contributed by atoms with E-state index in [2.05, 4.69) is 4.99 Å². The Labute approximate surface area is 92.9 Å². The van der Waals surface area contributed by atoms with Crippen molar-refractivity contribution in [3.8, 4) is 0 Å². The van der Waals surface area contributed by atoms with Crippen molar-refractivity contribution in [2.75, 3.05) is 6.54 Å². The quantitative estimate of drug-likeness (QED) is 0.279. The van der Waals surface area contributed by atoms with Crippen LogP contribution < -0.4 is 11.5 Å². The van der Waals surface area contributed by atoms with Crippen LogP contribution in [0.5, 0.6) is 0 Å². The molecule has 0 saturated carbocycles. The maximum atomic E-state index is 13.1. The van der Waals surface area contributed by atoms with E-state index in [-0.39, 0.29) is 12.5 Å². The van der Waals surface area contributed by atoms with Crippen molar-refractivity contribution >= 4 is 5.96 Å². The summed E-state index contributed by atoms with van der Waals surface area (Å²) < 4.78 is 64.3. The van der Waals surface area contributed by atoms with Gasteiger partial charge in [0.15, 0.2) is 29.2 Å². The van der Waals surface area contributed by atoms with E-state index in [4.69, 9.17) is 11.5 Å². The molecule has 0 amide bonds. The summed E-state index contributed by atoms with van der Waals surface area (Å²) >= 11 is 0. The third-order valence-corrected chi connectivity index (χ3v) is 1.96. The molecule has 17 heavy (non-hydrogen) atoms. The number of nitrogens with zero attached hydrogens (tertiary/aromatic N) is 1. The summed E-state index contributed by atoms with van der Waals surface area (Å²) in [6, 6.07) is 0. The van der Waals surface area contributed by atoms with Gasteiger partial charge in [-0.2, -0.15) is 0 Å². The molecule has 94 valence electrons. The lowest BCUT2D eigenvalue weighted by Crippen LogP contribution is -2.23. The van der Waals surface area contributed by atoms with Gasteiger partial charge in [-0.3, -0.25) is 4.99 Å². The van der Waals surface area contributed by atoms with Crippen molar-refractivity contribution in [3.05, 3.63) is 34.6 Å². The predicted molar refractivity (Wildman–Crippen MR) is 50.6 cm³/mol. The minimum absolute atomic E-state index is 0.277. The summed E-state index contributed by atoms with van der Waals surface area (Å²) in [7, 11) is 0. The van der Waals surface area contributed by atoms with Gasteiger partial charge in [-0.15, -0.1) is 0 Å². The summed E-state index contributed by atoms with van der Waals surface area (Å²) in [6.45, 7) is -0.277. The first-order valence-corrected chi connectivity index (χ1v) is 4.42. The van der Waals surface area contributed by atoms with Gasteiger partial charge in [0, 0.05) is 12.1 Å². The smallest absolute Gasteiger partial charge is 0.200 e. The van der Waals surface area contributed by atoms with Gasteiger partial charge in [0.25, 0.3) is 0 Å². The molecular weight excluding hydrogens is 245 g/mol. The molecule has 8 heteroatoms. The summed E-state index contributed by atoms with van der Waals surface area (Å²) in [5.74, 6) is -10.2. The lowest BCUT2D eigenvalue weighted by atomic mass is 10.1. The molecule has 3 nitrogen and oxygen atoms in total. The predicted octanol–water partition coefficient (Wildman–Crippen LogP) is 1.20. The van der Waals surface area contributed by atoms with Crippen LogP contribution in [0.1, 0.15) is 5.56 Å². The first-order valence-electron chi connectivity index (χ1n) is 4.42. The summed E-state index contributed by atoms with van der Waals surface area (Å²) in [6.07, 6.45) is -0.496. The van der Waals surface area contributed by atoms with Crippen LogP contribution in [-0.2, 0) is 6.42 Å². The number of guanidine groups is 1. The SMILES string of the molecule is NC(N)=NCCc1c(F)c(F)c(F)c(F)c1F. The molecular formula is C9H8F5N3. The molecule has 0 saturated heterocycles. The standard InChI is InChI=1S/C9H8F5N3/c10-4-3(1-2-17-9(15)16)5(11)7(13)8(14)6(4)12/h1-2H2,(H4,15,16,17). The molecule has 0 aliphatic rings. The number of hydrogen-bond donors (Lipinski definition) is 2. The molecule has 0 spiro atoms. The van der Waals surface area contributed by atoms with Crippen LogP contribution >= 0.6 is 0 Å². The largest absolute Gasteiger partial charge is 0.370 e. The van der Waals surface area contributed by atoms with Crippen LogP contribution in [0.4, 0.5) is 22.0 Å². The Morgan fingerprint density at radius 3 is 1.65 bits per heavy atom. The lowest BCUT2D eigenvalue weighted by Gasteiger charge is -2.06. The van der Waals surface area contributed by atoms with E-state index in [0.717, 1.165) is 0 Å². The fraction of sp³-hybridized carbons (Fsp3) is 0.222. The third-order valence-electron chi connectivity index (χ3n) is 1.96. The highest BCUT2D eigenvalue weighted by Gasteiger charge is 2.24. The second kappa shape index (κ2) is 4.98. The second-order valence-electron chi connectivity index (χ2n) is 3.11. The first-order chi connectivity index (χ1) is 7.86. The van der Waals surface area contributed by atoms with E-state index in [1.807, 2.05) is 0 Å². The Hall–Kier alpha value is -1.86. The van der Waals surface area contributed by atoms with Crippen LogP contribution in [0.2, 0.25) is 0 Å². The van der Waals surface area contributed by atoms with Crippen molar-refractivity contribution in [3.63, 3.8) is 0 Å². The Kier molecular flexibility index (Phi) is 3.87. The molecule has 4 N–H and O–H groups in total. The van der Waals surface area contributed by atoms with E-state index >= 15 is 0 Å². The monoisotopic (exact) mass is 253 g/mol. The lowest BCUT2D eigenvalue weighted by molar-refractivity contribution is 0.370. The highest BCUT2D eigenvalue weighted by atomic mass is 19.2. The zero-order valence-corrected chi connectivity index (χ0v) is 8.41. The van der Waals surface area contributed by atoms with Crippen LogP contribution in [0.15, 0.2) is 4.99 Å². The van der Waals surface area contributed by atoms with E-state index in [1.165, 1.54) is 0 Å². The van der Waals surface area contributed by atoms with Gasteiger partial charge in [-0.25, -0.2) is 22.0 Å². The number of benzene rings is 1. The molecule has 1 rings (SSSR count). The van der Waals surface area contributed by atoms with E-state index in [1.54, 1.807) is 0 Å². The van der Waals surface area contributed by atoms with Gasteiger partial charge >= 0.3 is 0 Å². The van der Waals surface area contributed by atoms with E-state index in [9.17, 15) is 22.0 Å². The summed E-state index contributed by atoms with van der Waals surface area (Å²) in [4.78, 5) is 3.38. The first kappa shape index (κ1) is 13.2. The minimum Gasteiger partial charge on any atom is -0.370 e. The Balaban J connectivity index is 3.12. The average molecular weight is 253 g/mol. The topological polar surface area (TPSA) is 64.4 Å². The average Bonchev–Trinajstić information content (AvgIpc) is 2.28. The number of halogens is 5. The van der Waals surface area contributed by atoms with Gasteiger partial charge in [-0.1, -0.05) is 0 Å². The van der Waals surface area contributed by atoms with Crippen LogP contribution in [-0.4, -0.2) is 12.5 Å². The van der Waals surface area contributed by atoms with E-state index < -0.39 is 41.1 Å². The molecule has 0 bridgehead atoms. The molecule has 0 aliphatic carbocycles. The van der Waals surface area contributed by atoms with Gasteiger partial charge in [0.2, 0.25) is 5.82 Å². The molecule has 1 aromatic rings. The number of nitrogens with two attached hydrogens (primary N) is 2. The van der Waals surface area contributed by atoms with Crippen LogP contribution in [0.25, 0.3) is 0 Å². The molecule has 0 aromatic heterocycles. The van der Waals surface area contributed by atoms with Gasteiger partial charge < -0.3 is 11.5 Å². The Morgan fingerprint density at radius 1 is 0.824 bits per heavy atom. The van der Waals surface area contributed by atoms with Crippen molar-refractivity contribution in [2.45, 2.75) is 6.42 Å². The van der Waals surface area contributed by atoms with Crippen molar-refractivity contribution in [2.24, 2.45) is 16.5 Å². The fourth-order valence-electron chi connectivity index (χ4n) is 1.17. The molecule has 0 heterocycles. The van der Waals surface area contributed by atoms with Crippen molar-refractivity contribution in [1.82, 2.24) is 0 Å². The molecule has 1 aromatic carbocycles. The van der Waals surface area contributed by atoms with Crippen molar-refractivity contribution in [1.29, 1.82) is 0 Å². The van der Waals surface area contributed by atoms with E-state index in [0.29, 0.717) is 0 Å². The Bertz CT molecular complexity index is 439. The maximum Gasteiger partial charge on any atom is 0.200 e. The minimum atomic E-state index is -2.19. The van der Waals surface area contributed by atoms with Gasteiger partial charge in [-0.05, 0) is 6.42 Å². The van der Waals surface area contributed by atoms with Gasteiger partial charge in [0.1, 0.15) is 0 Å².